The van der Waals surface area contributed by atoms with E-state index in [0.29, 0.717) is 50.6 Å². The van der Waals surface area contributed by atoms with E-state index in [9.17, 15) is 5.11 Å². The highest BCUT2D eigenvalue weighted by atomic mass is 79.9. The number of rotatable bonds is 5. The molecule has 0 spiro atoms. The molecular weight excluding hydrogens is 520 g/mol. The smallest absolute Gasteiger partial charge is 0.259 e. The van der Waals surface area contributed by atoms with Crippen LogP contribution >= 0.6 is 50.7 Å². The number of nitrogens with zero attached hydrogens (tertiary/aromatic N) is 4. The van der Waals surface area contributed by atoms with Crippen LogP contribution in [0, 0.1) is 0 Å². The number of anilines is 1. The lowest BCUT2D eigenvalue weighted by Crippen LogP contribution is -2.21. The van der Waals surface area contributed by atoms with Gasteiger partial charge in [-0.25, -0.2) is 9.67 Å². The zero-order chi connectivity index (χ0) is 21.3. The Morgan fingerprint density at radius 3 is 2.73 bits per heavy atom. The minimum atomic E-state index is -1.25. The fourth-order valence-electron chi connectivity index (χ4n) is 2.80. The minimum absolute atomic E-state index is 0.197. The summed E-state index contributed by atoms with van der Waals surface area (Å²) in [7, 11) is 0. The molecule has 4 rings (SSSR count). The summed E-state index contributed by atoms with van der Waals surface area (Å²) in [6.45, 7) is 0.657. The van der Waals surface area contributed by atoms with E-state index in [1.54, 1.807) is 30.5 Å². The van der Waals surface area contributed by atoms with E-state index in [1.807, 2.05) is 0 Å². The van der Waals surface area contributed by atoms with Crippen LogP contribution in [0.4, 0.5) is 5.69 Å². The van der Waals surface area contributed by atoms with Crippen LogP contribution in [-0.2, 0) is 9.57 Å². The fourth-order valence-corrected chi connectivity index (χ4v) is 3.94. The Balaban J connectivity index is 1.73. The van der Waals surface area contributed by atoms with Crippen molar-refractivity contribution in [3.63, 3.8) is 0 Å². The molecule has 0 radical (unpaired) electrons. The van der Waals surface area contributed by atoms with E-state index >= 15 is 0 Å². The minimum Gasteiger partial charge on any atom is -0.471 e. The third-order valence-corrected chi connectivity index (χ3v) is 5.25. The van der Waals surface area contributed by atoms with Crippen molar-refractivity contribution >= 4 is 62.3 Å². The van der Waals surface area contributed by atoms with Crippen molar-refractivity contribution in [2.24, 2.45) is 5.16 Å². The molecule has 1 atom stereocenters. The summed E-state index contributed by atoms with van der Waals surface area (Å²) < 4.78 is 7.45. The number of hydrogen-bond acceptors (Lipinski definition) is 7. The Hall–Kier alpha value is -2.04. The van der Waals surface area contributed by atoms with Crippen molar-refractivity contribution in [1.82, 2.24) is 14.8 Å². The van der Waals surface area contributed by atoms with Crippen LogP contribution in [0.3, 0.4) is 0 Å². The molecule has 2 aromatic heterocycles. The molecule has 0 aliphatic carbocycles. The molecular formula is C18H13BrCl3N5O3. The molecule has 156 valence electrons. The maximum absolute atomic E-state index is 11.0. The van der Waals surface area contributed by atoms with Crippen LogP contribution in [0.25, 0.3) is 5.82 Å². The Morgan fingerprint density at radius 1 is 1.17 bits per heavy atom. The molecule has 3 heterocycles. The van der Waals surface area contributed by atoms with Gasteiger partial charge in [0.2, 0.25) is 0 Å². The maximum atomic E-state index is 11.0. The van der Waals surface area contributed by atoms with Gasteiger partial charge in [-0.05, 0) is 51.4 Å². The number of ether oxygens (including phenoxy) is 1. The molecule has 30 heavy (non-hydrogen) atoms. The van der Waals surface area contributed by atoms with E-state index in [-0.39, 0.29) is 10.9 Å². The predicted octanol–water partition coefficient (Wildman–Crippen LogP) is 4.80. The van der Waals surface area contributed by atoms with Crippen molar-refractivity contribution in [2.45, 2.75) is 6.23 Å². The third kappa shape index (κ3) is 4.35. The van der Waals surface area contributed by atoms with E-state index < -0.39 is 6.23 Å². The van der Waals surface area contributed by atoms with Crippen molar-refractivity contribution in [1.29, 1.82) is 0 Å². The summed E-state index contributed by atoms with van der Waals surface area (Å²) in [5, 5.41) is 23.2. The number of nitrogens with one attached hydrogen (secondary N) is 1. The van der Waals surface area contributed by atoms with Crippen LogP contribution in [0.2, 0.25) is 15.1 Å². The van der Waals surface area contributed by atoms with Gasteiger partial charge in [-0.2, -0.15) is 5.10 Å². The van der Waals surface area contributed by atoms with Crippen molar-refractivity contribution in [2.75, 3.05) is 18.5 Å². The molecule has 1 aliphatic heterocycles. The van der Waals surface area contributed by atoms with Gasteiger partial charge in [-0.3, -0.25) is 0 Å². The molecule has 12 heteroatoms. The number of pyridine rings is 1. The molecule has 0 amide bonds. The number of aliphatic hydroxyl groups excluding tert-OH is 1. The predicted molar refractivity (Wildman–Crippen MR) is 118 cm³/mol. The fraction of sp³-hybridized carbons (Fsp3) is 0.167. The summed E-state index contributed by atoms with van der Waals surface area (Å²) in [4.78, 5) is 9.34. The van der Waals surface area contributed by atoms with Gasteiger partial charge in [-0.1, -0.05) is 34.8 Å². The van der Waals surface area contributed by atoms with Gasteiger partial charge in [0, 0.05) is 11.2 Å². The Morgan fingerprint density at radius 2 is 2.00 bits per heavy atom. The second kappa shape index (κ2) is 8.99. The van der Waals surface area contributed by atoms with Crippen LogP contribution in [0.15, 0.2) is 46.3 Å². The summed E-state index contributed by atoms with van der Waals surface area (Å²) in [5.74, 6) is 0.555. The first-order valence-corrected chi connectivity index (χ1v) is 10.5. The molecule has 8 nitrogen and oxygen atoms in total. The molecule has 0 bridgehead atoms. The monoisotopic (exact) mass is 531 g/mol. The van der Waals surface area contributed by atoms with E-state index in [1.165, 1.54) is 10.7 Å². The van der Waals surface area contributed by atoms with Crippen LogP contribution in [-0.4, -0.2) is 39.0 Å². The zero-order valence-corrected chi connectivity index (χ0v) is 18.9. The van der Waals surface area contributed by atoms with Gasteiger partial charge in [0.15, 0.2) is 18.7 Å². The lowest BCUT2D eigenvalue weighted by molar-refractivity contribution is 0.0656. The maximum Gasteiger partial charge on any atom is 0.259 e. The Kier molecular flexibility index (Phi) is 6.35. The van der Waals surface area contributed by atoms with Crippen molar-refractivity contribution in [3.8, 4) is 5.82 Å². The van der Waals surface area contributed by atoms with Crippen molar-refractivity contribution in [3.05, 3.63) is 67.5 Å². The number of halogens is 4. The second-order valence-corrected chi connectivity index (χ2v) is 8.11. The highest BCUT2D eigenvalue weighted by Gasteiger charge is 2.24. The van der Waals surface area contributed by atoms with Gasteiger partial charge in [0.25, 0.3) is 5.90 Å². The largest absolute Gasteiger partial charge is 0.471 e. The number of benzene rings is 1. The van der Waals surface area contributed by atoms with E-state index in [2.05, 4.69) is 36.5 Å². The summed E-state index contributed by atoms with van der Waals surface area (Å²) >= 11 is 22.1. The summed E-state index contributed by atoms with van der Waals surface area (Å²) in [6, 6.07) is 8.15. The van der Waals surface area contributed by atoms with E-state index in [0.717, 1.165) is 0 Å². The topological polar surface area (TPSA) is 93.8 Å². The lowest BCUT2D eigenvalue weighted by Gasteiger charge is -2.21. The normalized spacial score (nSPS) is 14.5. The first-order valence-electron chi connectivity index (χ1n) is 8.57. The highest BCUT2D eigenvalue weighted by Crippen LogP contribution is 2.34. The second-order valence-electron chi connectivity index (χ2n) is 6.05. The molecule has 1 unspecified atom stereocenters. The lowest BCUT2D eigenvalue weighted by atomic mass is 10.1. The van der Waals surface area contributed by atoms with Crippen LogP contribution in [0.1, 0.15) is 17.5 Å². The number of hydrogen-bond donors (Lipinski definition) is 2. The number of aromatic nitrogens is 3. The van der Waals surface area contributed by atoms with Gasteiger partial charge < -0.3 is 20.0 Å². The average Bonchev–Trinajstić information content (AvgIpc) is 3.12. The molecule has 0 fully saturated rings. The summed E-state index contributed by atoms with van der Waals surface area (Å²) in [5.41, 5.74) is 1.16. The molecule has 3 aromatic rings. The first-order chi connectivity index (χ1) is 14.4. The number of oxime groups is 1. The SMILES string of the molecule is OC(Nc1c(Cl)cc(Cl)cc1C1=NOCCO1)c1cc(Br)nn1-c1ncccc1Cl. The molecule has 0 saturated carbocycles. The molecule has 1 aromatic carbocycles. The van der Waals surface area contributed by atoms with Gasteiger partial charge in [-0.15, -0.1) is 0 Å². The number of aliphatic hydroxyl groups is 1. The molecule has 2 N–H and O–H groups in total. The molecule has 0 saturated heterocycles. The van der Waals surface area contributed by atoms with E-state index in [4.69, 9.17) is 44.4 Å². The quantitative estimate of drug-likeness (QED) is 0.458. The van der Waals surface area contributed by atoms with Crippen LogP contribution < -0.4 is 5.32 Å². The average molecular weight is 534 g/mol. The van der Waals surface area contributed by atoms with Gasteiger partial charge in [0.1, 0.15) is 11.2 Å². The highest BCUT2D eigenvalue weighted by molar-refractivity contribution is 9.10. The third-order valence-electron chi connectivity index (χ3n) is 4.05. The van der Waals surface area contributed by atoms with Crippen LogP contribution in [0.5, 0.6) is 0 Å². The molecule has 1 aliphatic rings. The zero-order valence-electron chi connectivity index (χ0n) is 15.0. The first kappa shape index (κ1) is 21.2. The Bertz CT molecular complexity index is 1120. The summed E-state index contributed by atoms with van der Waals surface area (Å²) in [6.07, 6.45) is 0.331. The van der Waals surface area contributed by atoms with Crippen molar-refractivity contribution < 1.29 is 14.7 Å². The Labute approximate surface area is 194 Å². The van der Waals surface area contributed by atoms with Gasteiger partial charge in [0.05, 0.1) is 27.0 Å². The standard InChI is InChI=1S/C18H13BrCl3N5O3/c19-14-8-13(27(25-14)16-11(21)2-1-3-23-16)17(28)24-15-10(6-9(20)7-12(15)22)18-26-30-5-4-29-18/h1-3,6-8,17,24,28H,4-5H2. The van der Waals surface area contributed by atoms with Gasteiger partial charge >= 0.3 is 0 Å².